The molecule has 8 heteroatoms. The number of hydrogen-bond donors (Lipinski definition) is 2. The number of halogens is 3. The van der Waals surface area contributed by atoms with Crippen LogP contribution in [0.15, 0.2) is 18.2 Å². The van der Waals surface area contributed by atoms with E-state index in [0.717, 1.165) is 31.4 Å². The summed E-state index contributed by atoms with van der Waals surface area (Å²) in [6, 6.07) is 4.97. The highest BCUT2D eigenvalue weighted by Gasteiger charge is 2.69. The first-order valence-electron chi connectivity index (χ1n) is 8.83. The van der Waals surface area contributed by atoms with Crippen LogP contribution in [-0.2, 0) is 6.18 Å². The fraction of sp³-hybridized carbons (Fsp3) is 0.611. The Hall–Kier alpha value is -1.43. The molecule has 2 bridgehead atoms. The van der Waals surface area contributed by atoms with Gasteiger partial charge in [0.1, 0.15) is 0 Å². The minimum absolute atomic E-state index is 0.0984. The number of benzene rings is 1. The lowest BCUT2D eigenvalue weighted by atomic mass is 9.77. The van der Waals surface area contributed by atoms with Gasteiger partial charge in [0.2, 0.25) is 0 Å². The lowest BCUT2D eigenvalue weighted by molar-refractivity contribution is -0.137. The maximum Gasteiger partial charge on any atom is 0.417 e. The lowest BCUT2D eigenvalue weighted by Crippen LogP contribution is -2.44. The zero-order chi connectivity index (χ0) is 18.9. The minimum Gasteiger partial charge on any atom is -0.281 e. The number of anilines is 1. The third kappa shape index (κ3) is 2.11. The molecule has 1 aliphatic heterocycles. The van der Waals surface area contributed by atoms with E-state index >= 15 is 0 Å². The molecule has 2 N–H and O–H groups in total. The predicted molar refractivity (Wildman–Crippen MR) is 93.7 cm³/mol. The maximum absolute atomic E-state index is 13.3. The average Bonchev–Trinajstić information content (AvgIpc) is 3.23. The summed E-state index contributed by atoms with van der Waals surface area (Å²) in [7, 11) is -3.26. The highest BCUT2D eigenvalue weighted by Crippen LogP contribution is 2.77. The van der Waals surface area contributed by atoms with Crippen LogP contribution in [0, 0.1) is 29.1 Å². The van der Waals surface area contributed by atoms with Gasteiger partial charge in [-0.1, -0.05) is 6.92 Å². The summed E-state index contributed by atoms with van der Waals surface area (Å²) >= 11 is 0. The van der Waals surface area contributed by atoms with Crippen molar-refractivity contribution >= 4 is 16.5 Å². The van der Waals surface area contributed by atoms with E-state index in [0.29, 0.717) is 18.9 Å². The molecule has 4 nitrogen and oxygen atoms in total. The van der Waals surface area contributed by atoms with Gasteiger partial charge in [0, 0.05) is 12.5 Å². The van der Waals surface area contributed by atoms with E-state index in [1.54, 1.807) is 6.07 Å². The van der Waals surface area contributed by atoms with E-state index in [9.17, 15) is 22.3 Å². The van der Waals surface area contributed by atoms with Crippen LogP contribution in [0.5, 0.6) is 0 Å². The second-order valence-corrected chi connectivity index (χ2v) is 9.84. The molecule has 2 aliphatic carbocycles. The van der Waals surface area contributed by atoms with E-state index in [1.165, 1.54) is 10.4 Å². The molecule has 0 amide bonds. The normalized spacial score (nSPS) is 36.0. The van der Waals surface area contributed by atoms with Gasteiger partial charge in [-0.25, -0.2) is 0 Å². The van der Waals surface area contributed by atoms with Crippen molar-refractivity contribution in [1.29, 1.82) is 5.26 Å². The molecule has 1 heterocycles. The van der Waals surface area contributed by atoms with Crippen LogP contribution in [0.25, 0.3) is 0 Å². The Labute approximate surface area is 152 Å². The Bertz CT molecular complexity index is 792. The molecule has 3 fully saturated rings. The molecule has 1 aromatic carbocycles. The minimum atomic E-state index is -4.67. The van der Waals surface area contributed by atoms with Crippen LogP contribution in [-0.4, -0.2) is 20.4 Å². The van der Waals surface area contributed by atoms with E-state index in [1.807, 2.05) is 6.92 Å². The molecule has 1 saturated heterocycles. The Morgan fingerprint density at radius 3 is 2.65 bits per heavy atom. The zero-order valence-electron chi connectivity index (χ0n) is 14.3. The van der Waals surface area contributed by atoms with Crippen LogP contribution in [0.2, 0.25) is 0 Å². The molecule has 4 atom stereocenters. The summed E-state index contributed by atoms with van der Waals surface area (Å²) < 4.78 is 63.1. The molecule has 26 heavy (non-hydrogen) atoms. The number of rotatable bonds is 2. The van der Waals surface area contributed by atoms with Crippen LogP contribution >= 0.6 is 10.8 Å². The van der Waals surface area contributed by atoms with E-state index in [4.69, 9.17) is 5.26 Å². The van der Waals surface area contributed by atoms with Gasteiger partial charge in [0.05, 0.1) is 27.6 Å². The monoisotopic (exact) mass is 386 g/mol. The predicted octanol–water partition coefficient (Wildman–Crippen LogP) is 5.26. The van der Waals surface area contributed by atoms with Crippen LogP contribution < -0.4 is 4.31 Å². The fourth-order valence-corrected chi connectivity index (χ4v) is 8.67. The smallest absolute Gasteiger partial charge is 0.281 e. The Kier molecular flexibility index (Phi) is 3.82. The summed E-state index contributed by atoms with van der Waals surface area (Å²) in [6.45, 7) is 2.31. The quantitative estimate of drug-likeness (QED) is 0.728. The molecule has 4 rings (SSSR count). The second kappa shape index (κ2) is 5.54. The molecule has 1 aromatic rings. The molecular weight excluding hydrogens is 365 g/mol. The van der Waals surface area contributed by atoms with Crippen LogP contribution in [0.4, 0.5) is 18.9 Å². The van der Waals surface area contributed by atoms with Crippen LogP contribution in [0.1, 0.15) is 43.7 Å². The first-order chi connectivity index (χ1) is 12.2. The zero-order valence-corrected chi connectivity index (χ0v) is 15.1. The number of nitriles is 1. The van der Waals surface area contributed by atoms with Gasteiger partial charge < -0.3 is 0 Å². The van der Waals surface area contributed by atoms with Crippen LogP contribution in [0.3, 0.4) is 0 Å². The summed E-state index contributed by atoms with van der Waals surface area (Å²) in [4.78, 5) is 0. The van der Waals surface area contributed by atoms with Gasteiger partial charge in [0.25, 0.3) is 0 Å². The molecule has 2 saturated carbocycles. The van der Waals surface area contributed by atoms with E-state index in [2.05, 4.69) is 0 Å². The highest BCUT2D eigenvalue weighted by atomic mass is 32.3. The first-order valence-corrected chi connectivity index (χ1v) is 10.3. The second-order valence-electron chi connectivity index (χ2n) is 7.60. The number of nitrogens with zero attached hydrogens (tertiary/aromatic N) is 2. The first kappa shape index (κ1) is 18.0. The average molecular weight is 386 g/mol. The summed E-state index contributed by atoms with van der Waals surface area (Å²) in [6.07, 6.45) is -1.05. The third-order valence-corrected chi connectivity index (χ3v) is 9.73. The molecular formula is C18H21F3N2O2S. The molecule has 0 radical (unpaired) electrons. The van der Waals surface area contributed by atoms with Crippen molar-refractivity contribution in [2.24, 2.45) is 17.8 Å². The van der Waals surface area contributed by atoms with Gasteiger partial charge in [-0.15, -0.1) is 10.8 Å². The van der Waals surface area contributed by atoms with Gasteiger partial charge in [-0.2, -0.15) is 18.4 Å². The van der Waals surface area contributed by atoms with Crippen molar-refractivity contribution in [2.45, 2.75) is 43.5 Å². The van der Waals surface area contributed by atoms with Gasteiger partial charge in [-0.3, -0.25) is 13.4 Å². The van der Waals surface area contributed by atoms with E-state index < -0.39 is 32.8 Å². The van der Waals surface area contributed by atoms with Crippen molar-refractivity contribution in [3.8, 4) is 6.07 Å². The number of hydrogen-bond acceptors (Lipinski definition) is 4. The number of fused-ring (bicyclic) bond motifs is 5. The maximum atomic E-state index is 13.3. The molecule has 0 aromatic heterocycles. The molecule has 0 spiro atoms. The molecule has 0 unspecified atom stereocenters. The molecule has 3 aliphatic rings. The largest absolute Gasteiger partial charge is 0.417 e. The Balaban J connectivity index is 1.80. The number of alkyl halides is 3. The Morgan fingerprint density at radius 1 is 1.35 bits per heavy atom. The summed E-state index contributed by atoms with van der Waals surface area (Å²) in [5, 5.41) is 8.97. The fourth-order valence-electron chi connectivity index (χ4n) is 5.76. The van der Waals surface area contributed by atoms with Crippen molar-refractivity contribution in [1.82, 2.24) is 0 Å². The highest BCUT2D eigenvalue weighted by molar-refractivity contribution is 8.26. The van der Waals surface area contributed by atoms with Crippen molar-refractivity contribution in [3.05, 3.63) is 29.3 Å². The SMILES string of the molecule is CC[C@@]12[C@@H]3CC[C@@H](C3)[C@@H]1CN(c1ccc(C#N)c(C(F)(F)F)c1)S2(O)O. The van der Waals surface area contributed by atoms with Crippen molar-refractivity contribution in [3.63, 3.8) is 0 Å². The molecule has 142 valence electrons. The summed E-state index contributed by atoms with van der Waals surface area (Å²) in [5.74, 6) is 0.732. The van der Waals surface area contributed by atoms with E-state index in [-0.39, 0.29) is 17.5 Å². The van der Waals surface area contributed by atoms with Gasteiger partial charge >= 0.3 is 6.18 Å². The topological polar surface area (TPSA) is 67.5 Å². The third-order valence-electron chi connectivity index (χ3n) is 6.81. The van der Waals surface area contributed by atoms with Crippen molar-refractivity contribution in [2.75, 3.05) is 10.8 Å². The van der Waals surface area contributed by atoms with Crippen molar-refractivity contribution < 1.29 is 22.3 Å². The standard InChI is InChI=1S/C18H21F3N2O2S/c1-2-17-13-5-3-11(7-13)16(17)10-23(26(17,24)25)14-6-4-12(9-22)15(8-14)18(19,20)21/h4,6,8,11,13,16,24-25H,2-3,5,7,10H2,1H3/t11-,13+,16-,17+/m0/s1. The summed E-state index contributed by atoms with van der Waals surface area (Å²) in [5.41, 5.74) is -1.35. The van der Waals surface area contributed by atoms with Gasteiger partial charge in [0.15, 0.2) is 0 Å². The van der Waals surface area contributed by atoms with Gasteiger partial charge in [-0.05, 0) is 55.7 Å². The lowest BCUT2D eigenvalue weighted by Gasteiger charge is -2.53. The Morgan fingerprint density at radius 2 is 2.08 bits per heavy atom.